The first kappa shape index (κ1) is 21.5. The van der Waals surface area contributed by atoms with E-state index in [0.717, 1.165) is 53.9 Å². The van der Waals surface area contributed by atoms with Gasteiger partial charge in [0.05, 0.1) is 17.3 Å². The Morgan fingerprint density at radius 3 is 2.88 bits per heavy atom. The first-order valence-corrected chi connectivity index (χ1v) is 12.6. The first-order chi connectivity index (χ1) is 16.3. The highest BCUT2D eigenvalue weighted by molar-refractivity contribution is 6.01. The van der Waals surface area contributed by atoms with E-state index in [1.165, 1.54) is 29.7 Å². The van der Waals surface area contributed by atoms with Gasteiger partial charge in [-0.15, -0.1) is 0 Å². The lowest BCUT2D eigenvalue weighted by Crippen LogP contribution is -2.51. The van der Waals surface area contributed by atoms with Crippen molar-refractivity contribution in [3.63, 3.8) is 0 Å². The molecule has 4 heterocycles. The molecule has 1 aromatic carbocycles. The zero-order chi connectivity index (χ0) is 23.7. The minimum atomic E-state index is -0.518. The van der Waals surface area contributed by atoms with Crippen LogP contribution in [0.3, 0.4) is 0 Å². The number of Topliss-reactive ketones (excluding diaryl/α,β-unsaturated/α-hetero) is 1. The molecule has 0 saturated heterocycles. The van der Waals surface area contributed by atoms with E-state index in [-0.39, 0.29) is 17.4 Å². The molecule has 3 aliphatic heterocycles. The number of rotatable bonds is 3. The molecule has 1 N–H and O–H groups in total. The number of carbonyl (C=O) groups excluding carboxylic acids is 1. The summed E-state index contributed by atoms with van der Waals surface area (Å²) in [4.78, 5) is 13.8. The van der Waals surface area contributed by atoms with E-state index in [1.807, 2.05) is 13.1 Å². The van der Waals surface area contributed by atoms with Gasteiger partial charge in [0.25, 0.3) is 0 Å². The lowest BCUT2D eigenvalue weighted by atomic mass is 9.58. The monoisotopic (exact) mass is 455 g/mol. The number of nitrogens with zero attached hydrogens (tertiary/aromatic N) is 4. The van der Waals surface area contributed by atoms with E-state index >= 15 is 0 Å². The van der Waals surface area contributed by atoms with Crippen LogP contribution in [-0.4, -0.2) is 21.7 Å². The van der Waals surface area contributed by atoms with Crippen molar-refractivity contribution in [3.05, 3.63) is 64.3 Å². The van der Waals surface area contributed by atoms with Crippen molar-refractivity contribution in [1.82, 2.24) is 15.1 Å². The van der Waals surface area contributed by atoms with Crippen molar-refractivity contribution in [2.75, 3.05) is 0 Å². The molecule has 1 aromatic heterocycles. The van der Waals surface area contributed by atoms with Gasteiger partial charge in [-0.3, -0.25) is 9.48 Å². The van der Waals surface area contributed by atoms with Crippen LogP contribution in [0.4, 0.5) is 0 Å². The molecule has 0 saturated carbocycles. The second-order valence-corrected chi connectivity index (χ2v) is 11.1. The molecule has 2 aromatic rings. The maximum atomic E-state index is 13.8. The molecule has 6 rings (SSSR count). The smallest absolute Gasteiger partial charge is 0.165 e. The molecule has 2 unspecified atom stereocenters. The van der Waals surface area contributed by atoms with E-state index in [4.69, 9.17) is 0 Å². The number of allylic oxidation sites excluding steroid dienone is 3. The lowest BCUT2D eigenvalue weighted by Gasteiger charge is -2.48. The molecule has 2 atom stereocenters. The maximum absolute atomic E-state index is 13.8. The molecule has 0 spiro atoms. The zero-order valence-electron chi connectivity index (χ0n) is 20.6. The van der Waals surface area contributed by atoms with Crippen LogP contribution in [0.25, 0.3) is 11.1 Å². The van der Waals surface area contributed by atoms with Crippen LogP contribution in [0.15, 0.2) is 63.2 Å². The van der Waals surface area contributed by atoms with E-state index in [9.17, 15) is 4.79 Å². The van der Waals surface area contributed by atoms with E-state index in [1.54, 1.807) is 0 Å². The SMILES string of the molecule is CCC1(c2cccc(-c3cnn4c3CCCC4)c2)C2=C(CC(C)(C)CC2=O)NC2N=NC(C)=C21. The summed E-state index contributed by atoms with van der Waals surface area (Å²) in [6, 6.07) is 8.82. The van der Waals surface area contributed by atoms with Crippen LogP contribution >= 0.6 is 0 Å². The molecule has 0 amide bonds. The Kier molecular flexibility index (Phi) is 4.74. The summed E-state index contributed by atoms with van der Waals surface area (Å²) in [5.74, 6) is 0.250. The minimum absolute atomic E-state index is 0.0620. The quantitative estimate of drug-likeness (QED) is 0.631. The Hall–Kier alpha value is -3.02. The van der Waals surface area contributed by atoms with Crippen molar-refractivity contribution in [1.29, 1.82) is 0 Å². The van der Waals surface area contributed by atoms with Gasteiger partial charge in [0.15, 0.2) is 11.9 Å². The largest absolute Gasteiger partial charge is 0.362 e. The standard InChI is InChI=1S/C28H33N5O/c1-5-28(19-10-8-9-18(13-19)20-16-29-33-12-7-6-11-22(20)33)24-17(2)31-32-26(24)30-21-14-27(3,4)15-23(34)25(21)28/h8-10,13,16,26,30H,5-7,11-12,14-15H2,1-4H3. The second-order valence-electron chi connectivity index (χ2n) is 11.1. The highest BCUT2D eigenvalue weighted by atomic mass is 16.1. The van der Waals surface area contributed by atoms with Crippen LogP contribution in [-0.2, 0) is 23.2 Å². The molecule has 176 valence electrons. The van der Waals surface area contributed by atoms with Gasteiger partial charge in [-0.05, 0) is 61.6 Å². The van der Waals surface area contributed by atoms with Gasteiger partial charge in [-0.1, -0.05) is 39.0 Å². The van der Waals surface area contributed by atoms with Crippen LogP contribution in [0.1, 0.15) is 71.1 Å². The summed E-state index contributed by atoms with van der Waals surface area (Å²) in [6.07, 6.45) is 7.50. The van der Waals surface area contributed by atoms with Gasteiger partial charge in [-0.2, -0.15) is 15.3 Å². The molecule has 6 heteroatoms. The van der Waals surface area contributed by atoms with Crippen LogP contribution < -0.4 is 5.32 Å². The third kappa shape index (κ3) is 3.00. The fourth-order valence-corrected chi connectivity index (χ4v) is 6.82. The molecular weight excluding hydrogens is 422 g/mol. The highest BCUT2D eigenvalue weighted by Crippen LogP contribution is 2.55. The first-order valence-electron chi connectivity index (χ1n) is 12.6. The van der Waals surface area contributed by atoms with Gasteiger partial charge in [-0.25, -0.2) is 0 Å². The third-order valence-corrected chi connectivity index (χ3v) is 8.24. The number of ketones is 1. The predicted molar refractivity (Wildman–Crippen MR) is 132 cm³/mol. The Labute approximate surface area is 201 Å². The molecule has 0 bridgehead atoms. The van der Waals surface area contributed by atoms with Crippen LogP contribution in [0.5, 0.6) is 0 Å². The van der Waals surface area contributed by atoms with Crippen molar-refractivity contribution in [3.8, 4) is 11.1 Å². The number of fused-ring (bicyclic) bond motifs is 2. The van der Waals surface area contributed by atoms with E-state index in [0.29, 0.717) is 6.42 Å². The average Bonchev–Trinajstić information content (AvgIpc) is 3.41. The highest BCUT2D eigenvalue weighted by Gasteiger charge is 2.53. The zero-order valence-corrected chi connectivity index (χ0v) is 20.6. The molecule has 34 heavy (non-hydrogen) atoms. The summed E-state index contributed by atoms with van der Waals surface area (Å²) in [7, 11) is 0. The predicted octanol–water partition coefficient (Wildman–Crippen LogP) is 5.85. The number of azo groups is 1. The molecule has 1 aliphatic carbocycles. The van der Waals surface area contributed by atoms with Gasteiger partial charge in [0.1, 0.15) is 0 Å². The minimum Gasteiger partial charge on any atom is -0.362 e. The van der Waals surface area contributed by atoms with Crippen LogP contribution in [0, 0.1) is 5.41 Å². The number of carbonyl (C=O) groups is 1. The van der Waals surface area contributed by atoms with Crippen molar-refractivity contribution in [2.24, 2.45) is 15.6 Å². The number of aromatic nitrogens is 2. The summed E-state index contributed by atoms with van der Waals surface area (Å²) in [5.41, 5.74) is 8.36. The molecule has 0 radical (unpaired) electrons. The molecule has 6 nitrogen and oxygen atoms in total. The van der Waals surface area contributed by atoms with Crippen molar-refractivity contribution < 1.29 is 4.79 Å². The van der Waals surface area contributed by atoms with Gasteiger partial charge < -0.3 is 5.32 Å². The number of benzene rings is 1. The summed E-state index contributed by atoms with van der Waals surface area (Å²) < 4.78 is 2.16. The second kappa shape index (κ2) is 7.49. The normalized spacial score (nSPS) is 27.4. The van der Waals surface area contributed by atoms with Gasteiger partial charge >= 0.3 is 0 Å². The molecule has 0 fully saturated rings. The summed E-state index contributed by atoms with van der Waals surface area (Å²) in [6.45, 7) is 9.59. The van der Waals surface area contributed by atoms with Gasteiger partial charge in [0.2, 0.25) is 0 Å². The maximum Gasteiger partial charge on any atom is 0.165 e. The third-order valence-electron chi connectivity index (χ3n) is 8.24. The van der Waals surface area contributed by atoms with E-state index in [2.05, 4.69) is 70.4 Å². The number of hydrogen-bond donors (Lipinski definition) is 1. The Morgan fingerprint density at radius 2 is 2.06 bits per heavy atom. The molecule has 4 aliphatic rings. The van der Waals surface area contributed by atoms with Crippen molar-refractivity contribution in [2.45, 2.75) is 84.3 Å². The Balaban J connectivity index is 1.57. The fraction of sp³-hybridized carbons (Fsp3) is 0.500. The number of aryl methyl sites for hydroxylation is 1. The van der Waals surface area contributed by atoms with E-state index < -0.39 is 5.41 Å². The van der Waals surface area contributed by atoms with Gasteiger partial charge in [0, 0.05) is 41.1 Å². The van der Waals surface area contributed by atoms with Crippen LogP contribution in [0.2, 0.25) is 0 Å². The Bertz CT molecular complexity index is 1290. The summed E-state index contributed by atoms with van der Waals surface area (Å²) in [5, 5.41) is 17.4. The Morgan fingerprint density at radius 1 is 1.21 bits per heavy atom. The topological polar surface area (TPSA) is 71.6 Å². The summed E-state index contributed by atoms with van der Waals surface area (Å²) >= 11 is 0. The lowest BCUT2D eigenvalue weighted by molar-refractivity contribution is -0.119. The number of nitrogens with one attached hydrogen (secondary N) is 1. The fourth-order valence-electron chi connectivity index (χ4n) is 6.82. The average molecular weight is 456 g/mol. The number of hydrogen-bond acceptors (Lipinski definition) is 5. The van der Waals surface area contributed by atoms with Crippen molar-refractivity contribution >= 4 is 5.78 Å². The molecular formula is C28H33N5O.